The summed E-state index contributed by atoms with van der Waals surface area (Å²) in [5.41, 5.74) is 3.25. The van der Waals surface area contributed by atoms with E-state index in [9.17, 15) is 14.4 Å². The van der Waals surface area contributed by atoms with E-state index in [1.165, 1.54) is 11.5 Å². The first-order valence-corrected chi connectivity index (χ1v) is 9.01. The van der Waals surface area contributed by atoms with Gasteiger partial charge in [0.2, 0.25) is 5.91 Å². The number of fused-ring (bicyclic) bond motifs is 1. The number of amides is 1. The van der Waals surface area contributed by atoms with Crippen LogP contribution in [0.2, 0.25) is 0 Å². The van der Waals surface area contributed by atoms with Crippen molar-refractivity contribution < 1.29 is 9.59 Å². The quantitative estimate of drug-likeness (QED) is 0.762. The van der Waals surface area contributed by atoms with E-state index in [2.05, 4.69) is 10.1 Å². The average molecular weight is 371 g/mol. The Morgan fingerprint density at radius 3 is 2.44 bits per heavy atom. The van der Waals surface area contributed by atoms with Crippen LogP contribution in [0.4, 0.5) is 0 Å². The lowest BCUT2D eigenvalue weighted by Gasteiger charge is -2.19. The van der Waals surface area contributed by atoms with Crippen LogP contribution in [-0.2, 0) is 24.9 Å². The normalized spacial score (nSPS) is 14.4. The molecule has 2 aromatic heterocycles. The van der Waals surface area contributed by atoms with Gasteiger partial charge in [-0.1, -0.05) is 0 Å². The molecule has 2 aromatic rings. The van der Waals surface area contributed by atoms with Crippen LogP contribution in [0.1, 0.15) is 65.1 Å². The van der Waals surface area contributed by atoms with E-state index in [0.717, 1.165) is 5.69 Å². The first-order valence-electron chi connectivity index (χ1n) is 9.01. The fourth-order valence-electron chi connectivity index (χ4n) is 3.77. The molecular formula is C19H25N5O3. The Balaban J connectivity index is 1.77. The van der Waals surface area contributed by atoms with Crippen molar-refractivity contribution in [2.24, 2.45) is 7.05 Å². The summed E-state index contributed by atoms with van der Waals surface area (Å²) in [7, 11) is 1.69. The standard InChI is InChI=1S/C19H25N5O3/c1-10(24-12(3)18(13(4)25)11(2)21-24)7-17(26)23-8-15-16(9-23)20-14(5)22(6)19(15)27/h10H,7-9H2,1-6H3. The Morgan fingerprint density at radius 1 is 1.19 bits per heavy atom. The Hall–Kier alpha value is -2.77. The number of hydrogen-bond acceptors (Lipinski definition) is 5. The van der Waals surface area contributed by atoms with Crippen LogP contribution in [0, 0.1) is 20.8 Å². The Morgan fingerprint density at radius 2 is 1.85 bits per heavy atom. The van der Waals surface area contributed by atoms with Gasteiger partial charge in [0.25, 0.3) is 5.56 Å². The van der Waals surface area contributed by atoms with Crippen LogP contribution in [-0.4, -0.2) is 35.9 Å². The first-order chi connectivity index (χ1) is 12.6. The minimum atomic E-state index is -0.189. The van der Waals surface area contributed by atoms with Gasteiger partial charge in [0.1, 0.15) is 5.82 Å². The fraction of sp³-hybridized carbons (Fsp3) is 0.526. The molecule has 1 aliphatic heterocycles. The van der Waals surface area contributed by atoms with Crippen molar-refractivity contribution >= 4 is 11.7 Å². The molecule has 27 heavy (non-hydrogen) atoms. The predicted molar refractivity (Wildman–Crippen MR) is 99.5 cm³/mol. The lowest BCUT2D eigenvalue weighted by Crippen LogP contribution is -2.29. The van der Waals surface area contributed by atoms with Gasteiger partial charge in [-0.2, -0.15) is 5.10 Å². The van der Waals surface area contributed by atoms with Crippen molar-refractivity contribution in [1.29, 1.82) is 0 Å². The summed E-state index contributed by atoms with van der Waals surface area (Å²) in [4.78, 5) is 43.1. The van der Waals surface area contributed by atoms with Gasteiger partial charge in [-0.05, 0) is 34.6 Å². The molecule has 1 amide bonds. The molecule has 0 aliphatic carbocycles. The van der Waals surface area contributed by atoms with Crippen molar-refractivity contribution in [3.8, 4) is 0 Å². The number of carbonyl (C=O) groups excluding carboxylic acids is 2. The first kappa shape index (κ1) is 19.0. The van der Waals surface area contributed by atoms with Gasteiger partial charge in [-0.3, -0.25) is 23.6 Å². The number of aromatic nitrogens is 4. The highest BCUT2D eigenvalue weighted by Gasteiger charge is 2.29. The van der Waals surface area contributed by atoms with Crippen LogP contribution in [0.25, 0.3) is 0 Å². The maximum atomic E-state index is 12.8. The van der Waals surface area contributed by atoms with Gasteiger partial charge in [0.15, 0.2) is 5.78 Å². The molecule has 1 unspecified atom stereocenters. The summed E-state index contributed by atoms with van der Waals surface area (Å²) in [6, 6.07) is -0.189. The zero-order chi connectivity index (χ0) is 20.0. The topological polar surface area (TPSA) is 90.1 Å². The largest absolute Gasteiger partial charge is 0.332 e. The summed E-state index contributed by atoms with van der Waals surface area (Å²) in [5.74, 6) is 0.556. The molecule has 8 nitrogen and oxygen atoms in total. The lowest BCUT2D eigenvalue weighted by molar-refractivity contribution is -0.132. The maximum absolute atomic E-state index is 12.8. The number of nitrogens with zero attached hydrogens (tertiary/aromatic N) is 5. The van der Waals surface area contributed by atoms with Gasteiger partial charge in [-0.25, -0.2) is 4.98 Å². The third-order valence-electron chi connectivity index (χ3n) is 5.30. The Labute approximate surface area is 157 Å². The average Bonchev–Trinajstić information content (AvgIpc) is 3.13. The summed E-state index contributed by atoms with van der Waals surface area (Å²) in [5, 5.41) is 4.45. The van der Waals surface area contributed by atoms with Gasteiger partial charge >= 0.3 is 0 Å². The molecule has 3 heterocycles. The molecule has 0 bridgehead atoms. The van der Waals surface area contributed by atoms with Crippen LogP contribution < -0.4 is 5.56 Å². The number of carbonyl (C=O) groups is 2. The zero-order valence-electron chi connectivity index (χ0n) is 16.7. The molecule has 0 saturated heterocycles. The molecule has 0 fully saturated rings. The maximum Gasteiger partial charge on any atom is 0.258 e. The Kier molecular flexibility index (Phi) is 4.75. The smallest absolute Gasteiger partial charge is 0.258 e. The van der Waals surface area contributed by atoms with E-state index in [0.29, 0.717) is 34.9 Å². The fourth-order valence-corrected chi connectivity index (χ4v) is 3.77. The van der Waals surface area contributed by atoms with E-state index in [1.54, 1.807) is 30.5 Å². The summed E-state index contributed by atoms with van der Waals surface area (Å²) >= 11 is 0. The molecule has 0 aromatic carbocycles. The second-order valence-electron chi connectivity index (χ2n) is 7.30. The van der Waals surface area contributed by atoms with Gasteiger partial charge in [0.05, 0.1) is 41.6 Å². The Bertz CT molecular complexity index is 1000. The number of ketones is 1. The molecule has 8 heteroatoms. The summed E-state index contributed by atoms with van der Waals surface area (Å²) < 4.78 is 3.25. The second-order valence-corrected chi connectivity index (χ2v) is 7.30. The van der Waals surface area contributed by atoms with E-state index in [1.807, 2.05) is 13.8 Å². The summed E-state index contributed by atoms with van der Waals surface area (Å²) in [6.07, 6.45) is 0.243. The van der Waals surface area contributed by atoms with Crippen LogP contribution in [0.15, 0.2) is 4.79 Å². The minimum Gasteiger partial charge on any atom is -0.332 e. The van der Waals surface area contributed by atoms with E-state index in [4.69, 9.17) is 0 Å². The van der Waals surface area contributed by atoms with Gasteiger partial charge in [0, 0.05) is 19.2 Å². The molecule has 0 spiro atoms. The molecular weight excluding hydrogens is 346 g/mol. The van der Waals surface area contributed by atoms with Crippen LogP contribution >= 0.6 is 0 Å². The highest BCUT2D eigenvalue weighted by atomic mass is 16.2. The molecule has 0 radical (unpaired) electrons. The number of Topliss-reactive ketones (excluding diaryl/α,β-unsaturated/α-hetero) is 1. The van der Waals surface area contributed by atoms with Crippen molar-refractivity contribution in [2.45, 2.75) is 60.2 Å². The number of aryl methyl sites for hydroxylation is 2. The van der Waals surface area contributed by atoms with Crippen LogP contribution in [0.5, 0.6) is 0 Å². The van der Waals surface area contributed by atoms with Crippen molar-refractivity contribution in [2.75, 3.05) is 0 Å². The SMILES string of the molecule is CC(=O)c1c(C)nn(C(C)CC(=O)N2Cc3nc(C)n(C)c(=O)c3C2)c1C. The molecule has 1 atom stereocenters. The third kappa shape index (κ3) is 3.20. The number of rotatable bonds is 4. The van der Waals surface area contributed by atoms with E-state index >= 15 is 0 Å². The number of hydrogen-bond donors (Lipinski definition) is 0. The predicted octanol–water partition coefficient (Wildman–Crippen LogP) is 1.60. The monoisotopic (exact) mass is 371 g/mol. The lowest BCUT2D eigenvalue weighted by atomic mass is 10.1. The highest BCUT2D eigenvalue weighted by molar-refractivity contribution is 5.96. The minimum absolute atomic E-state index is 0.0259. The van der Waals surface area contributed by atoms with Crippen molar-refractivity contribution in [1.82, 2.24) is 24.2 Å². The highest BCUT2D eigenvalue weighted by Crippen LogP contribution is 2.24. The molecule has 144 valence electrons. The second kappa shape index (κ2) is 6.75. The molecule has 0 N–H and O–H groups in total. The molecule has 0 saturated carbocycles. The third-order valence-corrected chi connectivity index (χ3v) is 5.30. The summed E-state index contributed by atoms with van der Waals surface area (Å²) in [6.45, 7) is 9.50. The van der Waals surface area contributed by atoms with E-state index in [-0.39, 0.29) is 36.3 Å². The molecule has 3 rings (SSSR count). The zero-order valence-corrected chi connectivity index (χ0v) is 16.7. The molecule has 1 aliphatic rings. The van der Waals surface area contributed by atoms with Gasteiger partial charge in [-0.15, -0.1) is 0 Å². The van der Waals surface area contributed by atoms with Crippen molar-refractivity contribution in [3.63, 3.8) is 0 Å². The van der Waals surface area contributed by atoms with Crippen molar-refractivity contribution in [3.05, 3.63) is 44.4 Å². The van der Waals surface area contributed by atoms with E-state index < -0.39 is 0 Å². The van der Waals surface area contributed by atoms with Crippen LogP contribution in [0.3, 0.4) is 0 Å². The van der Waals surface area contributed by atoms with Gasteiger partial charge < -0.3 is 4.90 Å².